The molecule has 1 amide bonds. The molecule has 4 fully saturated rings. The third kappa shape index (κ3) is 3.38. The number of amides is 1. The molecule has 2 heterocycles. The Balaban J connectivity index is 1.28. The first kappa shape index (κ1) is 23.3. The molecule has 0 N–H and O–H groups in total. The SMILES string of the molecule is CC1(C)C2CCC3(C2)[C@@H]1N3C(=O)c1nn(C2CCCCC2)c2c1CCCCC2Cc1ccc(Cl)cc1. The second-order valence-corrected chi connectivity index (χ2v) is 13.6. The van der Waals surface area contributed by atoms with Crippen LogP contribution in [0.2, 0.25) is 5.02 Å². The topological polar surface area (TPSA) is 37.9 Å². The molecule has 5 aliphatic rings. The molecular weight excluding hydrogens is 466 g/mol. The van der Waals surface area contributed by atoms with Crippen LogP contribution in [0.15, 0.2) is 24.3 Å². The predicted molar refractivity (Wildman–Crippen MR) is 144 cm³/mol. The van der Waals surface area contributed by atoms with Crippen LogP contribution in [0.1, 0.15) is 124 Å². The molecule has 7 rings (SSSR count). The van der Waals surface area contributed by atoms with Crippen molar-refractivity contribution in [2.45, 2.75) is 121 Å². The van der Waals surface area contributed by atoms with E-state index in [1.165, 1.54) is 81.0 Å². The minimum atomic E-state index is 0.139. The molecule has 1 aromatic heterocycles. The lowest BCUT2D eigenvalue weighted by atomic mass is 9.76. The van der Waals surface area contributed by atoms with Gasteiger partial charge in [0.05, 0.1) is 17.6 Å². The van der Waals surface area contributed by atoms with Crippen molar-refractivity contribution in [3.63, 3.8) is 0 Å². The molecule has 0 radical (unpaired) electrons. The normalized spacial score (nSPS) is 32.8. The van der Waals surface area contributed by atoms with Gasteiger partial charge in [0, 0.05) is 22.2 Å². The second-order valence-electron chi connectivity index (χ2n) is 13.2. The maximum atomic E-state index is 14.3. The molecule has 1 spiro atoms. The lowest BCUT2D eigenvalue weighted by Crippen LogP contribution is -2.31. The lowest BCUT2D eigenvalue weighted by molar-refractivity contribution is 0.0785. The molecule has 2 bridgehead atoms. The summed E-state index contributed by atoms with van der Waals surface area (Å²) in [5.74, 6) is 1.44. The third-order valence-electron chi connectivity index (χ3n) is 10.9. The number of hydrogen-bond donors (Lipinski definition) is 0. The quantitative estimate of drug-likeness (QED) is 0.318. The first-order valence-corrected chi connectivity index (χ1v) is 15.0. The van der Waals surface area contributed by atoms with Gasteiger partial charge in [-0.2, -0.15) is 5.10 Å². The van der Waals surface area contributed by atoms with Gasteiger partial charge in [0.1, 0.15) is 0 Å². The molecule has 5 heteroatoms. The number of rotatable bonds is 4. The Morgan fingerprint density at radius 2 is 1.78 bits per heavy atom. The van der Waals surface area contributed by atoms with Crippen molar-refractivity contribution in [3.8, 4) is 0 Å². The Hall–Kier alpha value is -1.81. The van der Waals surface area contributed by atoms with Crippen molar-refractivity contribution in [2.75, 3.05) is 0 Å². The zero-order valence-electron chi connectivity index (χ0n) is 21.9. The molecule has 3 unspecified atom stereocenters. The Kier molecular flexibility index (Phi) is 5.41. The second kappa shape index (κ2) is 8.35. The van der Waals surface area contributed by atoms with Crippen molar-refractivity contribution in [1.82, 2.24) is 14.7 Å². The van der Waals surface area contributed by atoms with Crippen molar-refractivity contribution in [1.29, 1.82) is 0 Å². The molecule has 36 heavy (non-hydrogen) atoms. The minimum absolute atomic E-state index is 0.139. The Morgan fingerprint density at radius 1 is 1.03 bits per heavy atom. The fraction of sp³-hybridized carbons (Fsp3) is 0.677. The van der Waals surface area contributed by atoms with Gasteiger partial charge in [-0.1, -0.05) is 63.3 Å². The molecule has 192 valence electrons. The van der Waals surface area contributed by atoms with E-state index in [-0.39, 0.29) is 16.9 Å². The zero-order chi connectivity index (χ0) is 24.7. The van der Waals surface area contributed by atoms with Crippen molar-refractivity contribution in [2.24, 2.45) is 11.3 Å². The van der Waals surface area contributed by atoms with E-state index < -0.39 is 0 Å². The average molecular weight is 506 g/mol. The van der Waals surface area contributed by atoms with Gasteiger partial charge in [0.15, 0.2) is 5.69 Å². The highest BCUT2D eigenvalue weighted by atomic mass is 35.5. The van der Waals surface area contributed by atoms with E-state index in [0.717, 1.165) is 35.9 Å². The van der Waals surface area contributed by atoms with Gasteiger partial charge < -0.3 is 4.90 Å². The van der Waals surface area contributed by atoms with E-state index in [1.54, 1.807) is 0 Å². The van der Waals surface area contributed by atoms with Crippen LogP contribution < -0.4 is 0 Å². The summed E-state index contributed by atoms with van der Waals surface area (Å²) < 4.78 is 2.38. The van der Waals surface area contributed by atoms with Crippen molar-refractivity contribution >= 4 is 17.5 Å². The lowest BCUT2D eigenvalue weighted by Gasteiger charge is -2.30. The molecule has 4 atom stereocenters. The van der Waals surface area contributed by atoms with Crippen LogP contribution in [0.4, 0.5) is 0 Å². The van der Waals surface area contributed by atoms with E-state index in [9.17, 15) is 4.79 Å². The number of carbonyl (C=O) groups excluding carboxylic acids is 1. The molecule has 1 aliphatic heterocycles. The van der Waals surface area contributed by atoms with Gasteiger partial charge in [0.2, 0.25) is 0 Å². The summed E-state index contributed by atoms with van der Waals surface area (Å²) in [6, 6.07) is 9.24. The van der Waals surface area contributed by atoms with Crippen LogP contribution in [-0.4, -0.2) is 32.2 Å². The van der Waals surface area contributed by atoms with Gasteiger partial charge in [-0.3, -0.25) is 9.48 Å². The number of halogens is 1. The van der Waals surface area contributed by atoms with Gasteiger partial charge in [-0.15, -0.1) is 0 Å². The molecular formula is C31H40ClN3O. The molecule has 4 aliphatic carbocycles. The van der Waals surface area contributed by atoms with E-state index in [2.05, 4.69) is 35.6 Å². The van der Waals surface area contributed by atoms with Crippen LogP contribution in [0.25, 0.3) is 0 Å². The van der Waals surface area contributed by atoms with Gasteiger partial charge in [-0.05, 0) is 86.8 Å². The van der Waals surface area contributed by atoms with Gasteiger partial charge in [0.25, 0.3) is 5.91 Å². The van der Waals surface area contributed by atoms with Gasteiger partial charge in [-0.25, -0.2) is 0 Å². The third-order valence-corrected chi connectivity index (χ3v) is 11.1. The van der Waals surface area contributed by atoms with E-state index in [0.29, 0.717) is 18.0 Å². The first-order chi connectivity index (χ1) is 17.4. The molecule has 4 nitrogen and oxygen atoms in total. The first-order valence-electron chi connectivity index (χ1n) is 14.6. The molecule has 1 saturated heterocycles. The molecule has 3 saturated carbocycles. The van der Waals surface area contributed by atoms with E-state index >= 15 is 0 Å². The maximum absolute atomic E-state index is 14.3. The largest absolute Gasteiger partial charge is 0.324 e. The summed E-state index contributed by atoms with van der Waals surface area (Å²) in [6.07, 6.45) is 15.5. The number of carbonyl (C=O) groups is 1. The van der Waals surface area contributed by atoms with Crippen LogP contribution in [-0.2, 0) is 12.8 Å². The molecule has 2 aromatic rings. The Labute approximate surface area is 220 Å². The molecule has 1 aromatic carbocycles. The number of piperidine rings is 1. The number of benzene rings is 1. The Bertz CT molecular complexity index is 1180. The summed E-state index contributed by atoms with van der Waals surface area (Å²) in [7, 11) is 0. The van der Waals surface area contributed by atoms with Crippen LogP contribution >= 0.6 is 11.6 Å². The number of aromatic nitrogens is 2. The zero-order valence-corrected chi connectivity index (χ0v) is 22.7. The van der Waals surface area contributed by atoms with Crippen molar-refractivity contribution in [3.05, 3.63) is 51.8 Å². The van der Waals surface area contributed by atoms with Gasteiger partial charge >= 0.3 is 0 Å². The fourth-order valence-corrected chi connectivity index (χ4v) is 9.21. The average Bonchev–Trinajstić information content (AvgIpc) is 3.09. The maximum Gasteiger partial charge on any atom is 0.275 e. The monoisotopic (exact) mass is 505 g/mol. The van der Waals surface area contributed by atoms with Crippen LogP contribution in [0, 0.1) is 11.3 Å². The number of likely N-dealkylation sites (tertiary alicyclic amines) is 1. The van der Waals surface area contributed by atoms with E-state index in [1.807, 2.05) is 12.1 Å². The smallest absolute Gasteiger partial charge is 0.275 e. The predicted octanol–water partition coefficient (Wildman–Crippen LogP) is 7.50. The highest BCUT2D eigenvalue weighted by molar-refractivity contribution is 6.30. The van der Waals surface area contributed by atoms with Crippen molar-refractivity contribution < 1.29 is 4.79 Å². The van der Waals surface area contributed by atoms with Crippen LogP contribution in [0.3, 0.4) is 0 Å². The highest BCUT2D eigenvalue weighted by Crippen LogP contribution is 2.72. The van der Waals surface area contributed by atoms with E-state index in [4.69, 9.17) is 16.7 Å². The summed E-state index contributed by atoms with van der Waals surface area (Å²) in [5.41, 5.74) is 5.21. The Morgan fingerprint density at radius 3 is 2.50 bits per heavy atom. The number of fused-ring (bicyclic) bond motifs is 2. The highest BCUT2D eigenvalue weighted by Gasteiger charge is 2.79. The van der Waals surface area contributed by atoms with Crippen LogP contribution in [0.5, 0.6) is 0 Å². The summed E-state index contributed by atoms with van der Waals surface area (Å²) in [6.45, 7) is 4.81. The number of hydrogen-bond acceptors (Lipinski definition) is 2. The fourth-order valence-electron chi connectivity index (χ4n) is 9.08. The summed E-state index contributed by atoms with van der Waals surface area (Å²) in [4.78, 5) is 16.6. The summed E-state index contributed by atoms with van der Waals surface area (Å²) >= 11 is 6.19. The summed E-state index contributed by atoms with van der Waals surface area (Å²) in [5, 5.41) is 6.08. The minimum Gasteiger partial charge on any atom is -0.324 e. The number of nitrogens with zero attached hydrogens (tertiary/aromatic N) is 3. The standard InChI is InChI=1S/C31H40ClN3O/c1-30(2)22-16-17-31(19-22)29(30)34(31)28(36)26-25-11-7-6-8-21(18-20-12-14-23(32)15-13-20)27(25)35(33-26)24-9-4-3-5-10-24/h12-15,21-22,24,29H,3-11,16-19H2,1-2H3/t21?,22?,29-,31?,34?/m1/s1.